The Bertz CT molecular complexity index is 2700. The van der Waals surface area contributed by atoms with Crippen molar-refractivity contribution in [3.63, 3.8) is 0 Å². The second kappa shape index (κ2) is 13.6. The van der Waals surface area contributed by atoms with Crippen LogP contribution in [0.5, 0.6) is 0 Å². The van der Waals surface area contributed by atoms with E-state index in [0.29, 0.717) is 17.5 Å². The van der Waals surface area contributed by atoms with Gasteiger partial charge in [0.1, 0.15) is 0 Å². The van der Waals surface area contributed by atoms with Gasteiger partial charge in [0.05, 0.1) is 6.04 Å². The number of rotatable bonds is 6. The van der Waals surface area contributed by atoms with Gasteiger partial charge in [0.15, 0.2) is 17.5 Å². The predicted octanol–water partition coefficient (Wildman–Crippen LogP) is 12.2. The summed E-state index contributed by atoms with van der Waals surface area (Å²) in [6.07, 6.45) is 14.2. The summed E-state index contributed by atoms with van der Waals surface area (Å²) in [5.41, 5.74) is 13.1. The summed E-state index contributed by atoms with van der Waals surface area (Å²) < 4.78 is 0. The molecule has 0 bridgehead atoms. The van der Waals surface area contributed by atoms with Gasteiger partial charge >= 0.3 is 0 Å². The fourth-order valence-corrected chi connectivity index (χ4v) is 10.2. The molecule has 266 valence electrons. The van der Waals surface area contributed by atoms with E-state index >= 15 is 0 Å². The number of hydrogen-bond donors (Lipinski definition) is 0. The molecule has 3 heterocycles. The van der Waals surface area contributed by atoms with Gasteiger partial charge in [0.25, 0.3) is 0 Å². The Morgan fingerprint density at radius 2 is 1.07 bits per heavy atom. The van der Waals surface area contributed by atoms with Crippen LogP contribution in [0.3, 0.4) is 0 Å². The summed E-state index contributed by atoms with van der Waals surface area (Å²) in [6, 6.07) is 56.1. The highest BCUT2D eigenvalue weighted by molar-refractivity contribution is 8.00. The molecule has 0 amide bonds. The summed E-state index contributed by atoms with van der Waals surface area (Å²) in [5, 5.41) is 0.236. The number of thioether (sulfide) groups is 1. The van der Waals surface area contributed by atoms with Crippen LogP contribution in [-0.2, 0) is 0 Å². The third-order valence-electron chi connectivity index (χ3n) is 11.4. The molecule has 0 N–H and O–H groups in total. The lowest BCUT2D eigenvalue weighted by Crippen LogP contribution is -2.33. The van der Waals surface area contributed by atoms with Crippen molar-refractivity contribution in [3.8, 4) is 45.3 Å². The number of benzene rings is 6. The number of allylic oxidation sites excluding steroid dienone is 4. The minimum atomic E-state index is 0.190. The molecule has 56 heavy (non-hydrogen) atoms. The van der Waals surface area contributed by atoms with Gasteiger partial charge in [-0.25, -0.2) is 15.0 Å². The van der Waals surface area contributed by atoms with Gasteiger partial charge in [-0.05, 0) is 57.7 Å². The summed E-state index contributed by atoms with van der Waals surface area (Å²) in [6.45, 7) is 0. The van der Waals surface area contributed by atoms with Crippen molar-refractivity contribution in [1.29, 1.82) is 0 Å². The Balaban J connectivity index is 1.06. The molecule has 0 saturated heterocycles. The van der Waals surface area contributed by atoms with Crippen molar-refractivity contribution in [2.75, 3.05) is 4.90 Å². The maximum absolute atomic E-state index is 5.09. The van der Waals surface area contributed by atoms with Crippen LogP contribution >= 0.6 is 11.8 Å². The van der Waals surface area contributed by atoms with Crippen LogP contribution in [0.4, 0.5) is 5.69 Å². The van der Waals surface area contributed by atoms with E-state index in [1.165, 1.54) is 49.7 Å². The van der Waals surface area contributed by atoms with E-state index in [2.05, 4.69) is 163 Å². The summed E-state index contributed by atoms with van der Waals surface area (Å²) in [7, 11) is 0. The van der Waals surface area contributed by atoms with Crippen molar-refractivity contribution in [3.05, 3.63) is 217 Å². The highest BCUT2D eigenvalue weighted by atomic mass is 32.2. The minimum absolute atomic E-state index is 0.190. The molecular formula is C51H36N4S. The number of hydrogen-bond acceptors (Lipinski definition) is 5. The topological polar surface area (TPSA) is 41.9 Å². The average Bonchev–Trinajstić information content (AvgIpc) is 3.82. The molecule has 4 unspecified atom stereocenters. The predicted molar refractivity (Wildman–Crippen MR) is 230 cm³/mol. The molecular weight excluding hydrogens is 701 g/mol. The van der Waals surface area contributed by atoms with E-state index in [1.807, 2.05) is 48.2 Å². The third-order valence-corrected chi connectivity index (χ3v) is 12.8. The van der Waals surface area contributed by atoms with Crippen LogP contribution in [0.1, 0.15) is 28.5 Å². The van der Waals surface area contributed by atoms with Gasteiger partial charge in [-0.1, -0.05) is 170 Å². The Morgan fingerprint density at radius 3 is 1.80 bits per heavy atom. The molecule has 2 aliphatic heterocycles. The van der Waals surface area contributed by atoms with Crippen molar-refractivity contribution in [2.24, 2.45) is 0 Å². The fraction of sp³-hybridized carbons (Fsp3) is 0.0784. The van der Waals surface area contributed by atoms with Crippen LogP contribution in [0.25, 0.3) is 50.9 Å². The van der Waals surface area contributed by atoms with Crippen molar-refractivity contribution in [1.82, 2.24) is 15.0 Å². The molecule has 0 fully saturated rings. The molecule has 1 aromatic heterocycles. The first kappa shape index (κ1) is 32.8. The average molecular weight is 737 g/mol. The largest absolute Gasteiger partial charge is 0.334 e. The SMILES string of the molecule is C1=CC2c3ccc(-c4ccccc4)cc3N(C3=CC4c5ccccc5SC4C(c4cccc(-c5nc(-c6ccccc6)nc(-c6ccccc6)n5)c4)=C3)C2C=C1. The second-order valence-corrected chi connectivity index (χ2v) is 15.9. The Labute approximate surface area is 331 Å². The number of fused-ring (bicyclic) bond motifs is 6. The molecule has 7 aromatic rings. The summed E-state index contributed by atoms with van der Waals surface area (Å²) in [4.78, 5) is 19.1. The second-order valence-electron chi connectivity index (χ2n) is 14.7. The zero-order chi connectivity index (χ0) is 37.0. The minimum Gasteiger partial charge on any atom is -0.334 e. The van der Waals surface area contributed by atoms with Gasteiger partial charge < -0.3 is 4.90 Å². The maximum Gasteiger partial charge on any atom is 0.164 e. The first-order chi connectivity index (χ1) is 27.7. The quantitative estimate of drug-likeness (QED) is 0.170. The van der Waals surface area contributed by atoms with E-state index in [-0.39, 0.29) is 23.1 Å². The van der Waals surface area contributed by atoms with Gasteiger partial charge in [-0.2, -0.15) is 0 Å². The zero-order valence-electron chi connectivity index (χ0n) is 30.5. The van der Waals surface area contributed by atoms with E-state index in [1.54, 1.807) is 0 Å². The van der Waals surface area contributed by atoms with E-state index < -0.39 is 0 Å². The molecule has 2 aliphatic carbocycles. The van der Waals surface area contributed by atoms with Gasteiger partial charge in [0, 0.05) is 50.1 Å². The Kier molecular flexibility index (Phi) is 7.99. The van der Waals surface area contributed by atoms with Gasteiger partial charge in [-0.3, -0.25) is 0 Å². The van der Waals surface area contributed by atoms with E-state index in [4.69, 9.17) is 15.0 Å². The van der Waals surface area contributed by atoms with Crippen molar-refractivity contribution in [2.45, 2.75) is 28.0 Å². The smallest absolute Gasteiger partial charge is 0.164 e. The molecule has 4 nitrogen and oxygen atoms in total. The molecule has 5 heteroatoms. The number of anilines is 1. The highest BCUT2D eigenvalue weighted by Crippen LogP contribution is 2.56. The molecule has 0 spiro atoms. The Morgan fingerprint density at radius 1 is 0.464 bits per heavy atom. The standard InChI is InChI=1S/C51H36N4S/c1-4-15-33(16-5-1)36-27-28-41-40-23-10-12-25-45(40)55(46(41)30-36)39-31-43(48-44(32-39)42-24-11-13-26-47(42)56-48)37-21-14-22-38(29-37)51-53-49(34-17-6-2-7-18-34)52-50(54-51)35-19-8-3-9-20-35/h1-32,40,44-45,48H. The molecule has 4 atom stereocenters. The van der Waals surface area contributed by atoms with Gasteiger partial charge in [-0.15, -0.1) is 11.8 Å². The molecule has 0 saturated carbocycles. The monoisotopic (exact) mass is 736 g/mol. The molecule has 4 aliphatic rings. The Hall–Kier alpha value is -6.56. The van der Waals surface area contributed by atoms with E-state index in [0.717, 1.165) is 16.7 Å². The van der Waals surface area contributed by atoms with Crippen LogP contribution in [0.2, 0.25) is 0 Å². The van der Waals surface area contributed by atoms with Crippen LogP contribution < -0.4 is 4.90 Å². The van der Waals surface area contributed by atoms with Crippen molar-refractivity contribution >= 4 is 23.0 Å². The van der Waals surface area contributed by atoms with E-state index in [9.17, 15) is 0 Å². The maximum atomic E-state index is 5.09. The van der Waals surface area contributed by atoms with Crippen LogP contribution in [-0.4, -0.2) is 26.2 Å². The third kappa shape index (κ3) is 5.66. The molecule has 6 aromatic carbocycles. The first-order valence-electron chi connectivity index (χ1n) is 19.3. The van der Waals surface area contributed by atoms with Crippen LogP contribution in [0.15, 0.2) is 205 Å². The molecule has 11 rings (SSSR count). The van der Waals surface area contributed by atoms with Crippen LogP contribution in [0, 0.1) is 0 Å². The lowest BCUT2D eigenvalue weighted by Gasteiger charge is -2.34. The number of aromatic nitrogens is 3. The normalized spacial score (nSPS) is 20.1. The molecule has 0 radical (unpaired) electrons. The van der Waals surface area contributed by atoms with Gasteiger partial charge in [0.2, 0.25) is 0 Å². The zero-order valence-corrected chi connectivity index (χ0v) is 31.3. The van der Waals surface area contributed by atoms with Crippen molar-refractivity contribution < 1.29 is 0 Å². The fourth-order valence-electron chi connectivity index (χ4n) is 8.76. The number of nitrogens with zero attached hydrogens (tertiary/aromatic N) is 4. The highest BCUT2D eigenvalue weighted by Gasteiger charge is 2.42. The first-order valence-corrected chi connectivity index (χ1v) is 20.1. The lowest BCUT2D eigenvalue weighted by molar-refractivity contribution is 0.721. The summed E-state index contributed by atoms with van der Waals surface area (Å²) >= 11 is 1.98. The summed E-state index contributed by atoms with van der Waals surface area (Å²) in [5.74, 6) is 2.50. The lowest BCUT2D eigenvalue weighted by atomic mass is 9.83.